The van der Waals surface area contributed by atoms with Crippen LogP contribution in [0.5, 0.6) is 0 Å². The number of rotatable bonds is 2. The molecule has 4 unspecified atom stereocenters. The average molecular weight is 252 g/mol. The van der Waals surface area contributed by atoms with Crippen LogP contribution in [-0.2, 0) is 9.53 Å². The van der Waals surface area contributed by atoms with Crippen molar-refractivity contribution in [3.63, 3.8) is 0 Å². The third-order valence-corrected chi connectivity index (χ3v) is 5.20. The molecule has 4 atom stereocenters. The van der Waals surface area contributed by atoms with Crippen LogP contribution in [0.25, 0.3) is 0 Å². The Balaban J connectivity index is 1.55. The van der Waals surface area contributed by atoms with Crippen molar-refractivity contribution < 1.29 is 9.53 Å². The first-order chi connectivity index (χ1) is 8.65. The molecule has 0 aromatic rings. The standard InChI is InChI=1S/C14H24N2O2/c1-16-6-4-11(5-7-16)18-14(17)12-9-2-3-10(8-9)13(12)15/h9-13H,2-8,15H2,1H3. The lowest BCUT2D eigenvalue weighted by atomic mass is 9.85. The predicted octanol–water partition coefficient (Wildman–Crippen LogP) is 0.997. The summed E-state index contributed by atoms with van der Waals surface area (Å²) in [5.74, 6) is 1.06. The fourth-order valence-corrected chi connectivity index (χ4v) is 4.03. The highest BCUT2D eigenvalue weighted by molar-refractivity contribution is 5.74. The molecule has 0 aromatic heterocycles. The molecule has 0 spiro atoms. The highest BCUT2D eigenvalue weighted by Crippen LogP contribution is 2.48. The summed E-state index contributed by atoms with van der Waals surface area (Å²) in [6.45, 7) is 2.06. The lowest BCUT2D eigenvalue weighted by molar-refractivity contribution is -0.158. The van der Waals surface area contributed by atoms with Gasteiger partial charge >= 0.3 is 5.97 Å². The van der Waals surface area contributed by atoms with Gasteiger partial charge < -0.3 is 15.4 Å². The first kappa shape index (κ1) is 12.4. The normalized spacial score (nSPS) is 41.2. The van der Waals surface area contributed by atoms with Crippen LogP contribution in [0.15, 0.2) is 0 Å². The summed E-state index contributed by atoms with van der Waals surface area (Å²) >= 11 is 0. The van der Waals surface area contributed by atoms with Gasteiger partial charge in [0.2, 0.25) is 0 Å². The van der Waals surface area contributed by atoms with Crippen LogP contribution < -0.4 is 5.73 Å². The fourth-order valence-electron chi connectivity index (χ4n) is 4.03. The van der Waals surface area contributed by atoms with Gasteiger partial charge in [-0.2, -0.15) is 0 Å². The van der Waals surface area contributed by atoms with Crippen LogP contribution in [-0.4, -0.2) is 43.2 Å². The summed E-state index contributed by atoms with van der Waals surface area (Å²) in [5.41, 5.74) is 6.18. The van der Waals surface area contributed by atoms with E-state index in [1.807, 2.05) is 0 Å². The molecule has 2 aliphatic carbocycles. The van der Waals surface area contributed by atoms with Gasteiger partial charge in [0.25, 0.3) is 0 Å². The largest absolute Gasteiger partial charge is 0.462 e. The first-order valence-electron chi connectivity index (χ1n) is 7.30. The minimum atomic E-state index is -0.0107. The lowest BCUT2D eigenvalue weighted by Crippen LogP contribution is -2.43. The topological polar surface area (TPSA) is 55.6 Å². The Morgan fingerprint density at radius 1 is 1.17 bits per heavy atom. The Morgan fingerprint density at radius 2 is 1.83 bits per heavy atom. The summed E-state index contributed by atoms with van der Waals surface area (Å²) in [5, 5.41) is 0. The highest BCUT2D eigenvalue weighted by atomic mass is 16.5. The van der Waals surface area contributed by atoms with E-state index < -0.39 is 0 Å². The molecule has 0 aromatic carbocycles. The molecule has 18 heavy (non-hydrogen) atoms. The summed E-state index contributed by atoms with van der Waals surface area (Å²) in [6.07, 6.45) is 5.60. The van der Waals surface area contributed by atoms with Crippen LogP contribution in [0.1, 0.15) is 32.1 Å². The van der Waals surface area contributed by atoms with Crippen LogP contribution >= 0.6 is 0 Å². The summed E-state index contributed by atoms with van der Waals surface area (Å²) in [6, 6.07) is 0.0579. The Labute approximate surface area is 109 Å². The fraction of sp³-hybridized carbons (Fsp3) is 0.929. The van der Waals surface area contributed by atoms with E-state index in [-0.39, 0.29) is 24.0 Å². The van der Waals surface area contributed by atoms with E-state index in [4.69, 9.17) is 10.5 Å². The quantitative estimate of drug-likeness (QED) is 0.745. The molecular weight excluding hydrogens is 228 g/mol. The van der Waals surface area contributed by atoms with Gasteiger partial charge in [-0.25, -0.2) is 0 Å². The highest BCUT2D eigenvalue weighted by Gasteiger charge is 2.50. The molecular formula is C14H24N2O2. The van der Waals surface area contributed by atoms with Gasteiger partial charge in [0.05, 0.1) is 5.92 Å². The smallest absolute Gasteiger partial charge is 0.311 e. The monoisotopic (exact) mass is 252 g/mol. The summed E-state index contributed by atoms with van der Waals surface area (Å²) in [7, 11) is 2.11. The van der Waals surface area contributed by atoms with Crippen molar-refractivity contribution in [3.05, 3.63) is 0 Å². The zero-order valence-corrected chi connectivity index (χ0v) is 11.2. The van der Waals surface area contributed by atoms with Crippen molar-refractivity contribution in [2.45, 2.75) is 44.2 Å². The van der Waals surface area contributed by atoms with Gasteiger partial charge in [-0.15, -0.1) is 0 Å². The van der Waals surface area contributed by atoms with Crippen LogP contribution in [0.3, 0.4) is 0 Å². The van der Waals surface area contributed by atoms with Crippen LogP contribution in [0.2, 0.25) is 0 Å². The molecule has 2 N–H and O–H groups in total. The van der Waals surface area contributed by atoms with E-state index in [1.165, 1.54) is 12.8 Å². The number of piperidine rings is 1. The van der Waals surface area contributed by atoms with Gasteiger partial charge in [0, 0.05) is 19.1 Å². The number of ether oxygens (including phenoxy) is 1. The molecule has 102 valence electrons. The number of hydrogen-bond acceptors (Lipinski definition) is 4. The second-order valence-electron chi connectivity index (χ2n) is 6.38. The van der Waals surface area contributed by atoms with Gasteiger partial charge in [0.1, 0.15) is 6.10 Å². The first-order valence-corrected chi connectivity index (χ1v) is 7.30. The Morgan fingerprint density at radius 3 is 2.44 bits per heavy atom. The molecule has 3 rings (SSSR count). The van der Waals surface area contributed by atoms with Crippen molar-refractivity contribution in [3.8, 4) is 0 Å². The molecule has 1 heterocycles. The predicted molar refractivity (Wildman–Crippen MR) is 68.9 cm³/mol. The molecule has 1 saturated heterocycles. The molecule has 3 fully saturated rings. The van der Waals surface area contributed by atoms with Crippen LogP contribution in [0, 0.1) is 17.8 Å². The van der Waals surface area contributed by atoms with Gasteiger partial charge in [-0.05, 0) is 51.0 Å². The van der Waals surface area contributed by atoms with E-state index in [2.05, 4.69) is 11.9 Å². The molecule has 1 aliphatic heterocycles. The van der Waals surface area contributed by atoms with E-state index in [0.717, 1.165) is 32.4 Å². The number of likely N-dealkylation sites (tertiary alicyclic amines) is 1. The number of hydrogen-bond donors (Lipinski definition) is 1. The number of nitrogens with two attached hydrogens (primary N) is 1. The Kier molecular flexibility index (Phi) is 3.32. The van der Waals surface area contributed by atoms with E-state index >= 15 is 0 Å². The number of nitrogens with zero attached hydrogens (tertiary/aromatic N) is 1. The van der Waals surface area contributed by atoms with Crippen molar-refractivity contribution in [2.75, 3.05) is 20.1 Å². The van der Waals surface area contributed by atoms with Crippen molar-refractivity contribution in [1.82, 2.24) is 4.90 Å². The maximum atomic E-state index is 12.3. The van der Waals surface area contributed by atoms with E-state index in [0.29, 0.717) is 11.8 Å². The second kappa shape index (κ2) is 4.82. The molecule has 3 aliphatic rings. The van der Waals surface area contributed by atoms with E-state index in [9.17, 15) is 4.79 Å². The lowest BCUT2D eigenvalue weighted by Gasteiger charge is -2.32. The SMILES string of the molecule is CN1CCC(OC(=O)C2C3CCC(C3)C2N)CC1. The Bertz CT molecular complexity index is 324. The van der Waals surface area contributed by atoms with Crippen molar-refractivity contribution in [2.24, 2.45) is 23.5 Å². The zero-order valence-electron chi connectivity index (χ0n) is 11.2. The van der Waals surface area contributed by atoms with E-state index in [1.54, 1.807) is 0 Å². The molecule has 0 radical (unpaired) electrons. The second-order valence-corrected chi connectivity index (χ2v) is 6.38. The average Bonchev–Trinajstić information content (AvgIpc) is 2.92. The van der Waals surface area contributed by atoms with Gasteiger partial charge in [0.15, 0.2) is 0 Å². The number of carbonyl (C=O) groups excluding carboxylic acids is 1. The van der Waals surface area contributed by atoms with Gasteiger partial charge in [-0.3, -0.25) is 4.79 Å². The zero-order chi connectivity index (χ0) is 12.7. The molecule has 4 heteroatoms. The minimum absolute atomic E-state index is 0.00995. The molecule has 4 nitrogen and oxygen atoms in total. The Hall–Kier alpha value is -0.610. The number of esters is 1. The number of fused-ring (bicyclic) bond motifs is 2. The minimum Gasteiger partial charge on any atom is -0.462 e. The van der Waals surface area contributed by atoms with Crippen molar-refractivity contribution >= 4 is 5.97 Å². The molecule has 2 saturated carbocycles. The third-order valence-electron chi connectivity index (χ3n) is 5.20. The number of carbonyl (C=O) groups is 1. The van der Waals surface area contributed by atoms with Crippen LogP contribution in [0.4, 0.5) is 0 Å². The van der Waals surface area contributed by atoms with Crippen molar-refractivity contribution in [1.29, 1.82) is 0 Å². The molecule has 2 bridgehead atoms. The maximum Gasteiger partial charge on any atom is 0.311 e. The summed E-state index contributed by atoms with van der Waals surface area (Å²) < 4.78 is 5.70. The summed E-state index contributed by atoms with van der Waals surface area (Å²) in [4.78, 5) is 14.6. The molecule has 0 amide bonds. The van der Waals surface area contributed by atoms with Gasteiger partial charge in [-0.1, -0.05) is 0 Å². The third kappa shape index (κ3) is 2.16. The maximum absolute atomic E-state index is 12.3.